The van der Waals surface area contributed by atoms with Gasteiger partial charge in [-0.1, -0.05) is 17.4 Å². The number of para-hydroxylation sites is 1. The number of amides is 1. The van der Waals surface area contributed by atoms with Crippen molar-refractivity contribution in [2.24, 2.45) is 4.99 Å². The van der Waals surface area contributed by atoms with Crippen molar-refractivity contribution in [1.29, 1.82) is 0 Å². The van der Waals surface area contributed by atoms with Crippen LogP contribution in [0.4, 0.5) is 0 Å². The molecule has 30 heavy (non-hydrogen) atoms. The first kappa shape index (κ1) is 21.4. The number of rotatable bonds is 7. The van der Waals surface area contributed by atoms with Crippen molar-refractivity contribution in [3.05, 3.63) is 46.8 Å². The summed E-state index contributed by atoms with van der Waals surface area (Å²) in [5.41, 5.74) is 1.01. The standard InChI is InChI=1S/C21H22N2O6S/c1-5-29-18(24)12-23-15-10-9-13(26-2)11-17(15)30-21(23)22-20(25)14-7-6-8-16(27-3)19(14)28-4/h6-11H,5,12H2,1-4H3. The van der Waals surface area contributed by atoms with Crippen LogP contribution in [-0.2, 0) is 16.1 Å². The summed E-state index contributed by atoms with van der Waals surface area (Å²) in [7, 11) is 4.53. The summed E-state index contributed by atoms with van der Waals surface area (Å²) in [5.74, 6) is 0.467. The lowest BCUT2D eigenvalue weighted by atomic mass is 10.2. The number of thiazole rings is 1. The molecule has 158 valence electrons. The largest absolute Gasteiger partial charge is 0.497 e. The number of hydrogen-bond acceptors (Lipinski definition) is 7. The van der Waals surface area contributed by atoms with E-state index in [4.69, 9.17) is 18.9 Å². The molecule has 0 saturated carbocycles. The van der Waals surface area contributed by atoms with E-state index in [-0.39, 0.29) is 18.7 Å². The Morgan fingerprint density at radius 2 is 1.87 bits per heavy atom. The Morgan fingerprint density at radius 3 is 2.53 bits per heavy atom. The van der Waals surface area contributed by atoms with Gasteiger partial charge in [0.15, 0.2) is 16.3 Å². The number of aromatic nitrogens is 1. The van der Waals surface area contributed by atoms with Crippen molar-refractivity contribution >= 4 is 33.4 Å². The van der Waals surface area contributed by atoms with Gasteiger partial charge in [0.25, 0.3) is 5.91 Å². The third-order valence-corrected chi connectivity index (χ3v) is 5.35. The molecular weight excluding hydrogens is 408 g/mol. The van der Waals surface area contributed by atoms with Crippen LogP contribution in [0, 0.1) is 0 Å². The molecule has 0 aliphatic rings. The molecule has 0 N–H and O–H groups in total. The fourth-order valence-electron chi connectivity index (χ4n) is 2.96. The number of nitrogens with zero attached hydrogens (tertiary/aromatic N) is 2. The number of carbonyl (C=O) groups excluding carboxylic acids is 2. The van der Waals surface area contributed by atoms with Gasteiger partial charge in [-0.2, -0.15) is 4.99 Å². The first-order valence-electron chi connectivity index (χ1n) is 9.15. The van der Waals surface area contributed by atoms with E-state index < -0.39 is 11.9 Å². The fourth-order valence-corrected chi connectivity index (χ4v) is 4.01. The number of fused-ring (bicyclic) bond motifs is 1. The van der Waals surface area contributed by atoms with E-state index in [1.165, 1.54) is 25.6 Å². The maximum absolute atomic E-state index is 13.0. The van der Waals surface area contributed by atoms with Crippen molar-refractivity contribution in [3.63, 3.8) is 0 Å². The van der Waals surface area contributed by atoms with Crippen LogP contribution in [0.3, 0.4) is 0 Å². The van der Waals surface area contributed by atoms with Crippen molar-refractivity contribution in [2.75, 3.05) is 27.9 Å². The molecule has 1 aromatic heterocycles. The van der Waals surface area contributed by atoms with Crippen LogP contribution in [0.2, 0.25) is 0 Å². The lowest BCUT2D eigenvalue weighted by Gasteiger charge is -2.10. The molecule has 0 aliphatic carbocycles. The van der Waals surface area contributed by atoms with Crippen LogP contribution in [0.5, 0.6) is 17.2 Å². The normalized spacial score (nSPS) is 11.4. The molecule has 8 nitrogen and oxygen atoms in total. The molecule has 0 radical (unpaired) electrons. The Hall–Kier alpha value is -3.33. The minimum absolute atomic E-state index is 0.0679. The van der Waals surface area contributed by atoms with Gasteiger partial charge < -0.3 is 23.5 Å². The number of hydrogen-bond donors (Lipinski definition) is 0. The Labute approximate surface area is 177 Å². The number of esters is 1. The SMILES string of the molecule is CCOC(=O)Cn1c(=NC(=O)c2cccc(OC)c2OC)sc2cc(OC)ccc21. The van der Waals surface area contributed by atoms with E-state index in [0.717, 1.165) is 10.2 Å². The number of ether oxygens (including phenoxy) is 4. The number of carbonyl (C=O) groups is 2. The van der Waals surface area contributed by atoms with E-state index in [9.17, 15) is 9.59 Å². The van der Waals surface area contributed by atoms with Crippen LogP contribution in [0.1, 0.15) is 17.3 Å². The van der Waals surface area contributed by atoms with Gasteiger partial charge in [-0.15, -0.1) is 0 Å². The summed E-state index contributed by atoms with van der Waals surface area (Å²) in [4.78, 5) is 29.8. The van der Waals surface area contributed by atoms with E-state index in [1.54, 1.807) is 42.9 Å². The second-order valence-electron chi connectivity index (χ2n) is 6.07. The topological polar surface area (TPSA) is 88.4 Å². The van der Waals surface area contributed by atoms with E-state index >= 15 is 0 Å². The highest BCUT2D eigenvalue weighted by Crippen LogP contribution is 2.31. The molecular formula is C21H22N2O6S. The Kier molecular flexibility index (Phi) is 6.73. The third kappa shape index (κ3) is 4.30. The molecule has 3 rings (SSSR count). The van der Waals surface area contributed by atoms with Crippen LogP contribution in [-0.4, -0.2) is 44.4 Å². The van der Waals surface area contributed by atoms with Gasteiger partial charge >= 0.3 is 5.97 Å². The molecule has 2 aromatic carbocycles. The fraction of sp³-hybridized carbons (Fsp3) is 0.286. The minimum Gasteiger partial charge on any atom is -0.497 e. The summed E-state index contributed by atoms with van der Waals surface area (Å²) in [6.45, 7) is 1.94. The summed E-state index contributed by atoms with van der Waals surface area (Å²) >= 11 is 1.28. The van der Waals surface area contributed by atoms with Gasteiger partial charge in [0, 0.05) is 0 Å². The Morgan fingerprint density at radius 1 is 1.07 bits per heavy atom. The molecule has 9 heteroatoms. The van der Waals surface area contributed by atoms with E-state index in [2.05, 4.69) is 4.99 Å². The summed E-state index contributed by atoms with van der Waals surface area (Å²) in [6, 6.07) is 10.4. The molecule has 1 heterocycles. The first-order valence-corrected chi connectivity index (χ1v) is 9.97. The second-order valence-corrected chi connectivity index (χ2v) is 7.08. The first-order chi connectivity index (χ1) is 14.5. The molecule has 3 aromatic rings. The highest BCUT2D eigenvalue weighted by Gasteiger charge is 2.18. The summed E-state index contributed by atoms with van der Waals surface area (Å²) in [6.07, 6.45) is 0. The molecule has 1 amide bonds. The predicted molar refractivity (Wildman–Crippen MR) is 112 cm³/mol. The number of benzene rings is 2. The van der Waals surface area contributed by atoms with Gasteiger partial charge in [-0.3, -0.25) is 9.59 Å². The van der Waals surface area contributed by atoms with Crippen LogP contribution >= 0.6 is 11.3 Å². The molecule has 0 fully saturated rings. The average molecular weight is 430 g/mol. The predicted octanol–water partition coefficient (Wildman–Crippen LogP) is 3.03. The van der Waals surface area contributed by atoms with Gasteiger partial charge in [-0.05, 0) is 37.3 Å². The van der Waals surface area contributed by atoms with Crippen LogP contribution in [0.25, 0.3) is 10.2 Å². The summed E-state index contributed by atoms with van der Waals surface area (Å²) < 4.78 is 23.4. The van der Waals surface area contributed by atoms with Crippen molar-refractivity contribution < 1.29 is 28.5 Å². The maximum atomic E-state index is 13.0. The lowest BCUT2D eigenvalue weighted by molar-refractivity contribution is -0.143. The Bertz CT molecular complexity index is 1150. The van der Waals surface area contributed by atoms with Gasteiger partial charge in [0.2, 0.25) is 0 Å². The third-order valence-electron chi connectivity index (χ3n) is 4.31. The zero-order chi connectivity index (χ0) is 21.7. The van der Waals surface area contributed by atoms with E-state index in [0.29, 0.717) is 22.0 Å². The zero-order valence-electron chi connectivity index (χ0n) is 17.1. The molecule has 0 bridgehead atoms. The zero-order valence-corrected chi connectivity index (χ0v) is 17.9. The molecule has 0 aliphatic heterocycles. The van der Waals surface area contributed by atoms with Gasteiger partial charge in [-0.25, -0.2) is 0 Å². The van der Waals surface area contributed by atoms with Gasteiger partial charge in [0.1, 0.15) is 12.3 Å². The Balaban J connectivity index is 2.15. The van der Waals surface area contributed by atoms with Crippen molar-refractivity contribution in [2.45, 2.75) is 13.5 Å². The van der Waals surface area contributed by atoms with Crippen LogP contribution < -0.4 is 19.0 Å². The van der Waals surface area contributed by atoms with Crippen molar-refractivity contribution in [3.8, 4) is 17.2 Å². The monoisotopic (exact) mass is 430 g/mol. The highest BCUT2D eigenvalue weighted by atomic mass is 32.1. The quantitative estimate of drug-likeness (QED) is 0.536. The van der Waals surface area contributed by atoms with Crippen molar-refractivity contribution in [1.82, 2.24) is 4.57 Å². The highest BCUT2D eigenvalue weighted by molar-refractivity contribution is 7.16. The smallest absolute Gasteiger partial charge is 0.326 e. The van der Waals surface area contributed by atoms with Gasteiger partial charge in [0.05, 0.1) is 43.7 Å². The molecule has 0 spiro atoms. The molecule has 0 unspecified atom stereocenters. The second kappa shape index (κ2) is 9.45. The molecule has 0 atom stereocenters. The minimum atomic E-state index is -0.512. The lowest BCUT2D eigenvalue weighted by Crippen LogP contribution is -2.23. The average Bonchev–Trinajstić information content (AvgIpc) is 3.08. The maximum Gasteiger partial charge on any atom is 0.326 e. The molecule has 0 saturated heterocycles. The van der Waals surface area contributed by atoms with E-state index in [1.807, 2.05) is 12.1 Å². The number of methoxy groups -OCH3 is 3. The van der Waals surface area contributed by atoms with Crippen LogP contribution in [0.15, 0.2) is 41.4 Å². The summed E-state index contributed by atoms with van der Waals surface area (Å²) in [5, 5.41) is 0.